The first-order valence-electron chi connectivity index (χ1n) is 8.94. The molecule has 1 aliphatic rings. The van der Waals surface area contributed by atoms with Gasteiger partial charge in [0.05, 0.1) is 17.1 Å². The van der Waals surface area contributed by atoms with Gasteiger partial charge in [-0.25, -0.2) is 0 Å². The molecule has 2 aromatic carbocycles. The molecule has 0 radical (unpaired) electrons. The number of nitrogens with one attached hydrogen (secondary N) is 1. The third-order valence-corrected chi connectivity index (χ3v) is 4.83. The molecule has 0 bridgehead atoms. The lowest BCUT2D eigenvalue weighted by Crippen LogP contribution is -2.30. The molecule has 1 aromatic heterocycles. The lowest BCUT2D eigenvalue weighted by Gasteiger charge is -2.22. The molecule has 3 aromatic rings. The Hall–Kier alpha value is -2.79. The zero-order valence-corrected chi connectivity index (χ0v) is 14.5. The topological polar surface area (TPSA) is 64.1 Å². The summed E-state index contributed by atoms with van der Waals surface area (Å²) in [5.41, 5.74) is 3.22. The summed E-state index contributed by atoms with van der Waals surface area (Å²) in [5.74, 6) is 0.383. The van der Waals surface area contributed by atoms with E-state index in [9.17, 15) is 4.79 Å². The van der Waals surface area contributed by atoms with Crippen molar-refractivity contribution >= 4 is 16.9 Å². The monoisotopic (exact) mass is 347 g/mol. The van der Waals surface area contributed by atoms with Gasteiger partial charge in [0.1, 0.15) is 0 Å². The molecular weight excluding hydrogens is 326 g/mol. The molecule has 5 nitrogen and oxygen atoms in total. The van der Waals surface area contributed by atoms with Gasteiger partial charge in [-0.2, -0.15) is 0 Å². The van der Waals surface area contributed by atoms with E-state index in [1.54, 1.807) is 24.5 Å². The molecule has 4 rings (SSSR count). The van der Waals surface area contributed by atoms with Crippen molar-refractivity contribution in [3.8, 4) is 0 Å². The van der Waals surface area contributed by atoms with Crippen LogP contribution in [0.3, 0.4) is 0 Å². The number of ether oxygens (including phenoxy) is 1. The van der Waals surface area contributed by atoms with E-state index in [1.807, 2.05) is 24.3 Å². The lowest BCUT2D eigenvalue weighted by molar-refractivity contribution is 0.0929. The average Bonchev–Trinajstić information content (AvgIpc) is 3.21. The Kier molecular flexibility index (Phi) is 4.88. The minimum Gasteiger partial charge on any atom is -0.381 e. The van der Waals surface area contributed by atoms with E-state index in [2.05, 4.69) is 27.4 Å². The van der Waals surface area contributed by atoms with Gasteiger partial charge < -0.3 is 10.1 Å². The number of fused-ring (bicyclic) bond motifs is 1. The summed E-state index contributed by atoms with van der Waals surface area (Å²) in [6.45, 7) is 1.58. The Morgan fingerprint density at radius 1 is 1.12 bits per heavy atom. The highest BCUT2D eigenvalue weighted by atomic mass is 16.5. The molecule has 0 aliphatic carbocycles. The number of carbonyl (C=O) groups excluding carboxylic acids is 1. The summed E-state index contributed by atoms with van der Waals surface area (Å²) in [6.07, 6.45) is 5.21. The predicted molar refractivity (Wildman–Crippen MR) is 99.7 cm³/mol. The quantitative estimate of drug-likeness (QED) is 0.767. The molecule has 1 fully saturated rings. The Labute approximate surface area is 152 Å². The van der Waals surface area contributed by atoms with Crippen LogP contribution in [0.15, 0.2) is 60.9 Å². The number of hydrogen-bond acceptors (Lipinski definition) is 4. The summed E-state index contributed by atoms with van der Waals surface area (Å²) >= 11 is 0. The summed E-state index contributed by atoms with van der Waals surface area (Å²) < 4.78 is 5.50. The molecule has 1 amide bonds. The number of benzene rings is 2. The van der Waals surface area contributed by atoms with Crippen molar-refractivity contribution in [3.05, 3.63) is 72.1 Å². The molecule has 1 saturated heterocycles. The van der Waals surface area contributed by atoms with Crippen LogP contribution in [0.4, 0.5) is 0 Å². The molecular formula is C21H21N3O2. The third-order valence-electron chi connectivity index (χ3n) is 4.83. The van der Waals surface area contributed by atoms with E-state index >= 15 is 0 Å². The van der Waals surface area contributed by atoms with Gasteiger partial charge in [0.25, 0.3) is 5.91 Å². The van der Waals surface area contributed by atoms with Crippen LogP contribution in [-0.2, 0) is 4.74 Å². The zero-order chi connectivity index (χ0) is 17.8. The predicted octanol–water partition coefficient (Wildman–Crippen LogP) is 3.53. The first-order valence-corrected chi connectivity index (χ1v) is 8.94. The van der Waals surface area contributed by atoms with Crippen molar-refractivity contribution in [1.29, 1.82) is 0 Å². The Morgan fingerprint density at radius 3 is 2.69 bits per heavy atom. The van der Waals surface area contributed by atoms with Crippen molar-refractivity contribution in [3.63, 3.8) is 0 Å². The van der Waals surface area contributed by atoms with E-state index in [-0.39, 0.29) is 11.9 Å². The largest absolute Gasteiger partial charge is 0.381 e. The zero-order valence-electron chi connectivity index (χ0n) is 14.5. The number of aromatic nitrogens is 2. The van der Waals surface area contributed by atoms with Crippen LogP contribution < -0.4 is 5.32 Å². The lowest BCUT2D eigenvalue weighted by atomic mass is 9.94. The fourth-order valence-corrected chi connectivity index (χ4v) is 3.41. The van der Waals surface area contributed by atoms with E-state index in [4.69, 9.17) is 4.74 Å². The number of amides is 1. The second-order valence-electron chi connectivity index (χ2n) is 6.66. The van der Waals surface area contributed by atoms with Crippen LogP contribution in [-0.4, -0.2) is 29.1 Å². The minimum atomic E-state index is -0.0923. The molecule has 2 heterocycles. The fraction of sp³-hybridized carbons (Fsp3) is 0.286. The molecule has 132 valence electrons. The van der Waals surface area contributed by atoms with Crippen LogP contribution in [0, 0.1) is 5.92 Å². The maximum absolute atomic E-state index is 12.9. The molecule has 1 aliphatic heterocycles. The van der Waals surface area contributed by atoms with Crippen LogP contribution in [0.25, 0.3) is 11.0 Å². The van der Waals surface area contributed by atoms with E-state index in [0.29, 0.717) is 11.5 Å². The van der Waals surface area contributed by atoms with Crippen LogP contribution in [0.5, 0.6) is 0 Å². The Balaban J connectivity index is 1.56. The minimum absolute atomic E-state index is 0.0343. The highest BCUT2D eigenvalue weighted by Crippen LogP contribution is 2.27. The molecule has 0 saturated carbocycles. The normalized spacial score (nSPS) is 17.9. The molecule has 0 spiro atoms. The van der Waals surface area contributed by atoms with Gasteiger partial charge in [-0.15, -0.1) is 0 Å². The van der Waals surface area contributed by atoms with Gasteiger partial charge >= 0.3 is 0 Å². The van der Waals surface area contributed by atoms with Crippen molar-refractivity contribution in [2.45, 2.75) is 18.9 Å². The molecule has 26 heavy (non-hydrogen) atoms. The van der Waals surface area contributed by atoms with Crippen molar-refractivity contribution in [1.82, 2.24) is 15.3 Å². The molecule has 5 heteroatoms. The first kappa shape index (κ1) is 16.7. The number of carbonyl (C=O) groups is 1. The maximum Gasteiger partial charge on any atom is 0.251 e. The average molecular weight is 347 g/mol. The first-order chi connectivity index (χ1) is 12.8. The summed E-state index contributed by atoms with van der Waals surface area (Å²) in [5, 5.41) is 3.20. The van der Waals surface area contributed by atoms with Crippen molar-refractivity contribution in [2.24, 2.45) is 5.92 Å². The summed E-state index contributed by atoms with van der Waals surface area (Å²) in [4.78, 5) is 21.4. The fourth-order valence-electron chi connectivity index (χ4n) is 3.41. The van der Waals surface area contributed by atoms with Crippen molar-refractivity contribution in [2.75, 3.05) is 13.2 Å². The second kappa shape index (κ2) is 7.62. The van der Waals surface area contributed by atoms with Crippen molar-refractivity contribution < 1.29 is 9.53 Å². The standard InChI is InChI=1S/C21H21N3O2/c25-21(17-6-7-18-20(13-17)23-10-9-22-18)24-19(12-15-8-11-26-14-15)16-4-2-1-3-5-16/h1-7,9-10,13,15,19H,8,11-12,14H2,(H,24,25)/t15-,19-/m0/s1. The third kappa shape index (κ3) is 3.73. The van der Waals surface area contributed by atoms with Gasteiger partial charge in [0.2, 0.25) is 0 Å². The number of rotatable bonds is 5. The second-order valence-corrected chi connectivity index (χ2v) is 6.66. The van der Waals surface area contributed by atoms with Crippen LogP contribution >= 0.6 is 0 Å². The van der Waals surface area contributed by atoms with Gasteiger partial charge in [-0.3, -0.25) is 14.8 Å². The molecule has 2 atom stereocenters. The summed E-state index contributed by atoms with van der Waals surface area (Å²) in [6, 6.07) is 15.5. The van der Waals surface area contributed by atoms with E-state index in [1.165, 1.54) is 0 Å². The molecule has 0 unspecified atom stereocenters. The summed E-state index contributed by atoms with van der Waals surface area (Å²) in [7, 11) is 0. The van der Waals surface area contributed by atoms with Gasteiger partial charge in [-0.1, -0.05) is 30.3 Å². The van der Waals surface area contributed by atoms with E-state index < -0.39 is 0 Å². The Bertz CT molecular complexity index is 892. The highest BCUT2D eigenvalue weighted by Gasteiger charge is 2.23. The van der Waals surface area contributed by atoms with Gasteiger partial charge in [0.15, 0.2) is 0 Å². The Morgan fingerprint density at radius 2 is 1.92 bits per heavy atom. The van der Waals surface area contributed by atoms with E-state index in [0.717, 1.165) is 42.7 Å². The maximum atomic E-state index is 12.9. The van der Waals surface area contributed by atoms with Gasteiger partial charge in [-0.05, 0) is 42.5 Å². The number of hydrogen-bond donors (Lipinski definition) is 1. The smallest absolute Gasteiger partial charge is 0.251 e. The van der Waals surface area contributed by atoms with Crippen LogP contribution in [0.2, 0.25) is 0 Å². The van der Waals surface area contributed by atoms with Crippen LogP contribution in [0.1, 0.15) is 34.8 Å². The number of nitrogens with zero attached hydrogens (tertiary/aromatic N) is 2. The molecule has 1 N–H and O–H groups in total. The highest BCUT2D eigenvalue weighted by molar-refractivity contribution is 5.97. The van der Waals surface area contributed by atoms with Gasteiger partial charge in [0, 0.05) is 31.2 Å². The SMILES string of the molecule is O=C(N[C@@H](C[C@@H]1CCOC1)c1ccccc1)c1ccc2nccnc2c1.